The summed E-state index contributed by atoms with van der Waals surface area (Å²) in [5, 5.41) is 17.5. The van der Waals surface area contributed by atoms with Crippen molar-refractivity contribution in [1.29, 1.82) is 5.26 Å². The molecule has 0 bridgehead atoms. The Labute approximate surface area is 216 Å². The number of urea groups is 1. The van der Waals surface area contributed by atoms with Gasteiger partial charge in [-0.05, 0) is 43.5 Å². The Morgan fingerprint density at radius 3 is 2.78 bits per heavy atom. The van der Waals surface area contributed by atoms with Crippen LogP contribution in [0.25, 0.3) is 0 Å². The van der Waals surface area contributed by atoms with Gasteiger partial charge >= 0.3 is 6.03 Å². The number of ether oxygens (including phenoxy) is 2. The third-order valence-corrected chi connectivity index (χ3v) is 5.86. The summed E-state index contributed by atoms with van der Waals surface area (Å²) in [5.74, 6) is 1.28. The standard InChI is InChI=1S/C24H29N7O4.ClH/c1-34-21-10-16(2-5-20(21)29-24(33)30-22-14-27-18(11-25)12-28-22)6-7-26-13-19-15-31(8-9-35-19)23(32)17-3-4-17;/h2,5,10,12,14,17,19,26H,3-4,6-9,13,15H2,1H3,(H2,28,29,30,33);1H/t19-;/m0./s1. The minimum atomic E-state index is -0.501. The molecule has 1 saturated heterocycles. The molecule has 1 saturated carbocycles. The van der Waals surface area contributed by atoms with E-state index >= 15 is 0 Å². The smallest absolute Gasteiger partial charge is 0.324 e. The quantitative estimate of drug-likeness (QED) is 0.431. The molecule has 0 spiro atoms. The summed E-state index contributed by atoms with van der Waals surface area (Å²) in [6.07, 6.45) is 5.41. The van der Waals surface area contributed by atoms with Gasteiger partial charge in [0.2, 0.25) is 5.91 Å². The minimum Gasteiger partial charge on any atom is -0.495 e. The van der Waals surface area contributed by atoms with Crippen LogP contribution in [0.5, 0.6) is 5.75 Å². The highest BCUT2D eigenvalue weighted by molar-refractivity contribution is 6.00. The fourth-order valence-corrected chi connectivity index (χ4v) is 3.84. The summed E-state index contributed by atoms with van der Waals surface area (Å²) in [4.78, 5) is 34.4. The lowest BCUT2D eigenvalue weighted by atomic mass is 10.1. The second-order valence-corrected chi connectivity index (χ2v) is 8.52. The molecule has 3 N–H and O–H groups in total. The van der Waals surface area contributed by atoms with Crippen molar-refractivity contribution in [3.63, 3.8) is 0 Å². The van der Waals surface area contributed by atoms with E-state index in [-0.39, 0.29) is 41.8 Å². The third kappa shape index (κ3) is 7.52. The summed E-state index contributed by atoms with van der Waals surface area (Å²) >= 11 is 0. The molecule has 2 aromatic rings. The van der Waals surface area contributed by atoms with Crippen molar-refractivity contribution >= 4 is 35.9 Å². The molecule has 4 rings (SSSR count). The number of hydrogen-bond donors (Lipinski definition) is 3. The Morgan fingerprint density at radius 1 is 1.25 bits per heavy atom. The Kier molecular flexibility index (Phi) is 9.81. The normalized spacial score (nSPS) is 16.9. The SMILES string of the molecule is COc1cc(CCNC[C@H]2CN(C(=O)C3CC3)CCO2)ccc1NC(=O)Nc1cnc(C#N)cn1.Cl. The maximum absolute atomic E-state index is 12.3. The van der Waals surface area contributed by atoms with Crippen molar-refractivity contribution in [1.82, 2.24) is 20.2 Å². The van der Waals surface area contributed by atoms with Crippen molar-refractivity contribution in [2.75, 3.05) is 50.5 Å². The van der Waals surface area contributed by atoms with E-state index in [0.717, 1.165) is 31.4 Å². The lowest BCUT2D eigenvalue weighted by molar-refractivity contribution is -0.139. The van der Waals surface area contributed by atoms with Crippen molar-refractivity contribution in [3.8, 4) is 11.8 Å². The summed E-state index contributed by atoms with van der Waals surface area (Å²) in [5.41, 5.74) is 1.73. The van der Waals surface area contributed by atoms with Crippen LogP contribution in [-0.4, -0.2) is 72.8 Å². The molecule has 1 aliphatic carbocycles. The van der Waals surface area contributed by atoms with Gasteiger partial charge in [0.25, 0.3) is 0 Å². The molecule has 2 heterocycles. The third-order valence-electron chi connectivity index (χ3n) is 5.86. The molecule has 0 unspecified atom stereocenters. The van der Waals surface area contributed by atoms with Crippen molar-refractivity contribution in [3.05, 3.63) is 41.9 Å². The summed E-state index contributed by atoms with van der Waals surface area (Å²) in [6.45, 7) is 3.34. The predicted molar refractivity (Wildman–Crippen MR) is 135 cm³/mol. The minimum absolute atomic E-state index is 0. The lowest BCUT2D eigenvalue weighted by Gasteiger charge is -2.33. The Bertz CT molecular complexity index is 1090. The van der Waals surface area contributed by atoms with Crippen LogP contribution in [0.3, 0.4) is 0 Å². The number of nitrogens with one attached hydrogen (secondary N) is 3. The first-order chi connectivity index (χ1) is 17.1. The van der Waals surface area contributed by atoms with Gasteiger partial charge in [-0.1, -0.05) is 6.07 Å². The number of benzene rings is 1. The predicted octanol–water partition coefficient (Wildman–Crippen LogP) is 2.19. The number of morpholine rings is 1. The van der Waals surface area contributed by atoms with Crippen LogP contribution in [0, 0.1) is 17.2 Å². The van der Waals surface area contributed by atoms with Gasteiger partial charge in [-0.25, -0.2) is 14.8 Å². The van der Waals surface area contributed by atoms with Crippen LogP contribution >= 0.6 is 12.4 Å². The van der Waals surface area contributed by atoms with E-state index in [0.29, 0.717) is 37.7 Å². The number of methoxy groups -OCH3 is 1. The molecule has 1 atom stereocenters. The van der Waals surface area contributed by atoms with Crippen LogP contribution in [-0.2, 0) is 16.0 Å². The van der Waals surface area contributed by atoms with E-state index in [2.05, 4.69) is 25.9 Å². The van der Waals surface area contributed by atoms with Crippen molar-refractivity contribution < 1.29 is 19.1 Å². The first-order valence-electron chi connectivity index (χ1n) is 11.6. The molecule has 192 valence electrons. The Hall–Kier alpha value is -3.46. The number of carbonyl (C=O) groups excluding carboxylic acids is 2. The molecule has 2 fully saturated rings. The van der Waals surface area contributed by atoms with E-state index in [1.54, 1.807) is 13.2 Å². The fourth-order valence-electron chi connectivity index (χ4n) is 3.84. The molecule has 12 heteroatoms. The molecule has 1 aromatic heterocycles. The van der Waals surface area contributed by atoms with Crippen LogP contribution in [0.4, 0.5) is 16.3 Å². The van der Waals surface area contributed by atoms with Gasteiger partial charge in [-0.15, -0.1) is 12.4 Å². The monoisotopic (exact) mass is 515 g/mol. The molecular weight excluding hydrogens is 486 g/mol. The van der Waals surface area contributed by atoms with E-state index in [9.17, 15) is 9.59 Å². The highest BCUT2D eigenvalue weighted by Gasteiger charge is 2.35. The molecular formula is C24H30ClN7O4. The average molecular weight is 516 g/mol. The average Bonchev–Trinajstić information content (AvgIpc) is 3.73. The van der Waals surface area contributed by atoms with Gasteiger partial charge in [0.05, 0.1) is 37.9 Å². The van der Waals surface area contributed by atoms with E-state index in [1.165, 1.54) is 12.4 Å². The second kappa shape index (κ2) is 13.0. The molecule has 3 amide bonds. The maximum Gasteiger partial charge on any atom is 0.324 e. The highest BCUT2D eigenvalue weighted by atomic mass is 35.5. The van der Waals surface area contributed by atoms with Gasteiger partial charge in [0, 0.05) is 25.6 Å². The number of anilines is 2. The Balaban J connectivity index is 0.00000361. The first kappa shape index (κ1) is 27.1. The Morgan fingerprint density at radius 2 is 2.08 bits per heavy atom. The number of halogens is 1. The van der Waals surface area contributed by atoms with Crippen LogP contribution in [0.1, 0.15) is 24.1 Å². The molecule has 2 aliphatic rings. The lowest BCUT2D eigenvalue weighted by Crippen LogP contribution is -2.49. The molecule has 1 aliphatic heterocycles. The zero-order chi connectivity index (χ0) is 24.6. The van der Waals surface area contributed by atoms with Gasteiger partial charge in [-0.3, -0.25) is 10.1 Å². The van der Waals surface area contributed by atoms with Crippen molar-refractivity contribution in [2.45, 2.75) is 25.4 Å². The topological polar surface area (TPSA) is 142 Å². The fraction of sp³-hybridized carbons (Fsp3) is 0.458. The maximum atomic E-state index is 12.3. The van der Waals surface area contributed by atoms with Gasteiger partial charge in [0.1, 0.15) is 11.8 Å². The number of hydrogen-bond acceptors (Lipinski definition) is 8. The zero-order valence-corrected chi connectivity index (χ0v) is 20.8. The van der Waals surface area contributed by atoms with Crippen LogP contribution < -0.4 is 20.7 Å². The first-order valence-corrected chi connectivity index (χ1v) is 11.6. The molecule has 11 nitrogen and oxygen atoms in total. The summed E-state index contributed by atoms with van der Waals surface area (Å²) in [7, 11) is 1.54. The number of amides is 3. The molecule has 0 radical (unpaired) electrons. The van der Waals surface area contributed by atoms with Crippen LogP contribution in [0.15, 0.2) is 30.6 Å². The zero-order valence-electron chi connectivity index (χ0n) is 20.0. The molecule has 1 aromatic carbocycles. The van der Waals surface area contributed by atoms with Crippen molar-refractivity contribution in [2.24, 2.45) is 5.92 Å². The molecule has 36 heavy (non-hydrogen) atoms. The number of rotatable bonds is 9. The second-order valence-electron chi connectivity index (χ2n) is 8.52. The number of aromatic nitrogens is 2. The van der Waals surface area contributed by atoms with Gasteiger partial charge in [0.15, 0.2) is 11.5 Å². The highest BCUT2D eigenvalue weighted by Crippen LogP contribution is 2.31. The van der Waals surface area contributed by atoms with Gasteiger partial charge in [-0.2, -0.15) is 5.26 Å². The number of nitriles is 1. The number of nitrogens with zero attached hydrogens (tertiary/aromatic N) is 4. The van der Waals surface area contributed by atoms with E-state index < -0.39 is 6.03 Å². The summed E-state index contributed by atoms with van der Waals surface area (Å²) in [6, 6.07) is 6.96. The van der Waals surface area contributed by atoms with Crippen LogP contribution in [0.2, 0.25) is 0 Å². The van der Waals surface area contributed by atoms with E-state index in [1.807, 2.05) is 23.1 Å². The number of carbonyl (C=O) groups is 2. The van der Waals surface area contributed by atoms with Gasteiger partial charge < -0.3 is 25.0 Å². The van der Waals surface area contributed by atoms with E-state index in [4.69, 9.17) is 14.7 Å². The largest absolute Gasteiger partial charge is 0.495 e. The summed E-state index contributed by atoms with van der Waals surface area (Å²) < 4.78 is 11.3.